The van der Waals surface area contributed by atoms with Crippen LogP contribution in [0.2, 0.25) is 0 Å². The van der Waals surface area contributed by atoms with Crippen LogP contribution in [0.15, 0.2) is 35.5 Å². The number of benzene rings is 1. The van der Waals surface area contributed by atoms with Crippen molar-refractivity contribution in [1.82, 2.24) is 34.9 Å². The van der Waals surface area contributed by atoms with Crippen molar-refractivity contribution in [1.29, 1.82) is 0 Å². The highest BCUT2D eigenvalue weighted by Gasteiger charge is 2.30. The van der Waals surface area contributed by atoms with Crippen LogP contribution in [0.4, 0.5) is 0 Å². The highest BCUT2D eigenvalue weighted by Crippen LogP contribution is 2.40. The van der Waals surface area contributed by atoms with Gasteiger partial charge in [-0.3, -0.25) is 0 Å². The van der Waals surface area contributed by atoms with Crippen molar-refractivity contribution in [2.24, 2.45) is 0 Å². The van der Waals surface area contributed by atoms with Crippen molar-refractivity contribution in [3.05, 3.63) is 41.7 Å². The van der Waals surface area contributed by atoms with Gasteiger partial charge in [0.2, 0.25) is 5.16 Å². The SMILES string of the molecule is CCCc1nnc2n1NC(c1cc3ccccc3n3nnnc13)S2. The van der Waals surface area contributed by atoms with Crippen LogP contribution in [-0.2, 0) is 6.42 Å². The number of aryl methyl sites for hydroxylation is 1. The van der Waals surface area contributed by atoms with Crippen molar-refractivity contribution in [2.75, 3.05) is 5.43 Å². The molecule has 24 heavy (non-hydrogen) atoms. The van der Waals surface area contributed by atoms with Gasteiger partial charge in [-0.05, 0) is 29.0 Å². The molecule has 4 heterocycles. The Bertz CT molecular complexity index is 1050. The quantitative estimate of drug-likeness (QED) is 0.612. The largest absolute Gasteiger partial charge is 0.304 e. The molecule has 120 valence electrons. The van der Waals surface area contributed by atoms with Gasteiger partial charge in [-0.15, -0.1) is 15.3 Å². The number of pyridine rings is 1. The molecule has 0 fully saturated rings. The molecule has 1 unspecified atom stereocenters. The maximum atomic E-state index is 4.28. The third-order valence-electron chi connectivity index (χ3n) is 4.13. The first-order chi connectivity index (χ1) is 11.8. The summed E-state index contributed by atoms with van der Waals surface area (Å²) in [5.41, 5.74) is 6.27. The Hall–Kier alpha value is -2.68. The van der Waals surface area contributed by atoms with Gasteiger partial charge in [0.1, 0.15) is 5.37 Å². The molecule has 0 spiro atoms. The summed E-state index contributed by atoms with van der Waals surface area (Å²) in [4.78, 5) is 0. The van der Waals surface area contributed by atoms with Gasteiger partial charge in [0.15, 0.2) is 11.5 Å². The maximum Gasteiger partial charge on any atom is 0.212 e. The Balaban J connectivity index is 1.63. The molecule has 0 radical (unpaired) electrons. The van der Waals surface area contributed by atoms with Crippen molar-refractivity contribution < 1.29 is 0 Å². The minimum atomic E-state index is 0.00390. The van der Waals surface area contributed by atoms with Crippen molar-refractivity contribution in [3.63, 3.8) is 0 Å². The number of thioether (sulfide) groups is 1. The molecule has 4 aromatic rings. The number of para-hydroxylation sites is 1. The molecule has 0 bridgehead atoms. The van der Waals surface area contributed by atoms with E-state index < -0.39 is 0 Å². The summed E-state index contributed by atoms with van der Waals surface area (Å²) in [6.07, 6.45) is 1.93. The molecule has 9 heteroatoms. The van der Waals surface area contributed by atoms with Crippen LogP contribution in [0, 0.1) is 0 Å². The van der Waals surface area contributed by atoms with Crippen LogP contribution in [0.25, 0.3) is 16.6 Å². The number of rotatable bonds is 3. The van der Waals surface area contributed by atoms with E-state index in [0.29, 0.717) is 0 Å². The van der Waals surface area contributed by atoms with Gasteiger partial charge in [0.05, 0.1) is 5.52 Å². The summed E-state index contributed by atoms with van der Waals surface area (Å²) in [6, 6.07) is 10.2. The fourth-order valence-electron chi connectivity index (χ4n) is 3.03. The van der Waals surface area contributed by atoms with E-state index in [4.69, 9.17) is 0 Å². The van der Waals surface area contributed by atoms with Gasteiger partial charge in [-0.1, -0.05) is 36.9 Å². The molecular weight excluding hydrogens is 324 g/mol. The molecule has 1 atom stereocenters. The van der Waals surface area contributed by atoms with E-state index in [2.05, 4.69) is 50.2 Å². The number of aromatic nitrogens is 7. The molecule has 0 saturated heterocycles. The summed E-state index contributed by atoms with van der Waals surface area (Å²) in [5, 5.41) is 22.7. The molecule has 1 aliphatic heterocycles. The summed E-state index contributed by atoms with van der Waals surface area (Å²) in [6.45, 7) is 2.13. The van der Waals surface area contributed by atoms with E-state index in [0.717, 1.165) is 45.9 Å². The number of fused-ring (bicyclic) bond motifs is 4. The van der Waals surface area contributed by atoms with E-state index in [1.54, 1.807) is 16.3 Å². The van der Waals surface area contributed by atoms with Crippen LogP contribution in [-0.4, -0.2) is 34.9 Å². The second-order valence-electron chi connectivity index (χ2n) is 5.68. The molecule has 0 amide bonds. The molecular formula is C15H14N8S. The van der Waals surface area contributed by atoms with E-state index in [1.807, 2.05) is 22.9 Å². The lowest BCUT2D eigenvalue weighted by molar-refractivity contribution is 0.715. The van der Waals surface area contributed by atoms with E-state index in [1.165, 1.54) is 0 Å². The van der Waals surface area contributed by atoms with Gasteiger partial charge in [0.25, 0.3) is 0 Å². The van der Waals surface area contributed by atoms with E-state index in [-0.39, 0.29) is 5.37 Å². The zero-order valence-corrected chi connectivity index (χ0v) is 13.7. The predicted octanol–water partition coefficient (Wildman–Crippen LogP) is 2.17. The Morgan fingerprint density at radius 3 is 3.04 bits per heavy atom. The Kier molecular flexibility index (Phi) is 2.96. The van der Waals surface area contributed by atoms with Crippen LogP contribution in [0.1, 0.15) is 30.1 Å². The van der Waals surface area contributed by atoms with Crippen molar-refractivity contribution >= 4 is 28.3 Å². The average Bonchev–Trinajstić information content (AvgIpc) is 3.31. The van der Waals surface area contributed by atoms with Crippen LogP contribution < -0.4 is 5.43 Å². The number of hydrogen-bond donors (Lipinski definition) is 1. The molecule has 5 rings (SSSR count). The number of nitrogens with zero attached hydrogens (tertiary/aromatic N) is 7. The molecule has 1 aromatic carbocycles. The monoisotopic (exact) mass is 338 g/mol. The molecule has 0 aliphatic carbocycles. The first-order valence-electron chi connectivity index (χ1n) is 7.82. The maximum absolute atomic E-state index is 4.28. The highest BCUT2D eigenvalue weighted by atomic mass is 32.2. The van der Waals surface area contributed by atoms with Crippen LogP contribution in [0.3, 0.4) is 0 Å². The lowest BCUT2D eigenvalue weighted by Crippen LogP contribution is -2.16. The van der Waals surface area contributed by atoms with Gasteiger partial charge in [-0.2, -0.15) is 4.52 Å². The van der Waals surface area contributed by atoms with E-state index in [9.17, 15) is 0 Å². The topological polar surface area (TPSA) is 85.8 Å². The lowest BCUT2D eigenvalue weighted by Gasteiger charge is -2.13. The predicted molar refractivity (Wildman–Crippen MR) is 90.3 cm³/mol. The third-order valence-corrected chi connectivity index (χ3v) is 5.20. The van der Waals surface area contributed by atoms with Crippen molar-refractivity contribution in [2.45, 2.75) is 30.3 Å². The fourth-order valence-corrected chi connectivity index (χ4v) is 4.05. The molecule has 1 N–H and O–H groups in total. The first-order valence-corrected chi connectivity index (χ1v) is 8.70. The Morgan fingerprint density at radius 1 is 1.21 bits per heavy atom. The Morgan fingerprint density at radius 2 is 2.12 bits per heavy atom. The molecule has 8 nitrogen and oxygen atoms in total. The lowest BCUT2D eigenvalue weighted by atomic mass is 10.1. The fraction of sp³-hybridized carbons (Fsp3) is 0.267. The summed E-state index contributed by atoms with van der Waals surface area (Å²) < 4.78 is 3.77. The average molecular weight is 338 g/mol. The molecule has 0 saturated carbocycles. The highest BCUT2D eigenvalue weighted by molar-refractivity contribution is 7.99. The van der Waals surface area contributed by atoms with Crippen LogP contribution in [0.5, 0.6) is 0 Å². The van der Waals surface area contributed by atoms with Crippen LogP contribution >= 0.6 is 11.8 Å². The standard InChI is InChI=1S/C15H14N8S/c1-2-5-12-16-18-15-23(12)19-14(24-15)10-8-9-6-3-4-7-11(9)22-13(10)17-20-21-22/h3-4,6-8,14,19H,2,5H2,1H3. The van der Waals surface area contributed by atoms with Gasteiger partial charge in [0, 0.05) is 17.4 Å². The number of hydrogen-bond acceptors (Lipinski definition) is 7. The smallest absolute Gasteiger partial charge is 0.212 e. The zero-order valence-electron chi connectivity index (χ0n) is 12.9. The van der Waals surface area contributed by atoms with E-state index >= 15 is 0 Å². The van der Waals surface area contributed by atoms with Crippen molar-refractivity contribution in [3.8, 4) is 0 Å². The minimum Gasteiger partial charge on any atom is -0.304 e. The summed E-state index contributed by atoms with van der Waals surface area (Å²) >= 11 is 1.63. The molecule has 1 aliphatic rings. The first kappa shape index (κ1) is 13.7. The minimum absolute atomic E-state index is 0.00390. The summed E-state index contributed by atoms with van der Waals surface area (Å²) in [5.74, 6) is 0.957. The number of tetrazole rings is 1. The van der Waals surface area contributed by atoms with Gasteiger partial charge >= 0.3 is 0 Å². The normalized spacial score (nSPS) is 16.6. The van der Waals surface area contributed by atoms with Gasteiger partial charge in [-0.25, -0.2) is 4.68 Å². The number of nitrogens with one attached hydrogen (secondary N) is 1. The second-order valence-corrected chi connectivity index (χ2v) is 6.76. The molecule has 3 aromatic heterocycles. The summed E-state index contributed by atoms with van der Waals surface area (Å²) in [7, 11) is 0. The zero-order chi connectivity index (χ0) is 16.1. The second kappa shape index (κ2) is 5.17. The Labute approximate surface area is 141 Å². The third kappa shape index (κ3) is 1.91. The van der Waals surface area contributed by atoms with Gasteiger partial charge < -0.3 is 5.43 Å².